The Labute approximate surface area is 294 Å². The van der Waals surface area contributed by atoms with Crippen molar-refractivity contribution in [3.05, 3.63) is 127 Å². The van der Waals surface area contributed by atoms with Gasteiger partial charge in [-0.2, -0.15) is 0 Å². The van der Waals surface area contributed by atoms with Gasteiger partial charge in [0.2, 0.25) is 0 Å². The van der Waals surface area contributed by atoms with Crippen LogP contribution in [0.5, 0.6) is 0 Å². The minimum Gasteiger partial charge on any atom is -0.309 e. The summed E-state index contributed by atoms with van der Waals surface area (Å²) in [6.45, 7) is 8.69. The van der Waals surface area contributed by atoms with E-state index in [1.165, 1.54) is 32.6 Å². The van der Waals surface area contributed by atoms with Gasteiger partial charge in [0, 0.05) is 56.9 Å². The molecular weight excluding hydrogens is 639 g/mol. The number of pyridine rings is 2. The van der Waals surface area contributed by atoms with Crippen molar-refractivity contribution in [3.8, 4) is 27.9 Å². The zero-order valence-electron chi connectivity index (χ0n) is 27.9. The monoisotopic (exact) mass is 673 g/mol. The van der Waals surface area contributed by atoms with Crippen LogP contribution in [-0.4, -0.2) is 47.2 Å². The van der Waals surface area contributed by atoms with Crippen LogP contribution in [0.4, 0.5) is 0 Å². The van der Waals surface area contributed by atoms with Gasteiger partial charge in [-0.05, 0) is 80.6 Å². The number of para-hydroxylation sites is 1. The highest BCUT2D eigenvalue weighted by Gasteiger charge is 2.28. The molecule has 2 aliphatic rings. The van der Waals surface area contributed by atoms with E-state index in [-0.39, 0.29) is 11.1 Å². The highest BCUT2D eigenvalue weighted by molar-refractivity contribution is 8.15. The molecule has 0 bridgehead atoms. The molecule has 2 aliphatic heterocycles. The van der Waals surface area contributed by atoms with Crippen LogP contribution in [-0.2, 0) is 0 Å². The third kappa shape index (κ3) is 5.45. The molecule has 9 rings (SSSR count). The molecule has 5 heterocycles. The van der Waals surface area contributed by atoms with Crippen LogP contribution in [0.15, 0.2) is 126 Å². The zero-order valence-corrected chi connectivity index (χ0v) is 29.6. The largest absolute Gasteiger partial charge is 0.309 e. The Morgan fingerprint density at radius 2 is 1.10 bits per heavy atom. The summed E-state index contributed by atoms with van der Waals surface area (Å²) in [6.07, 6.45) is 3.97. The van der Waals surface area contributed by atoms with E-state index in [4.69, 9.17) is 20.0 Å². The van der Waals surface area contributed by atoms with Crippen molar-refractivity contribution >= 4 is 66.2 Å². The minimum atomic E-state index is -0.0351. The summed E-state index contributed by atoms with van der Waals surface area (Å²) < 4.78 is 2.42. The quantitative estimate of drug-likeness (QED) is 0.182. The molecule has 7 aromatic rings. The maximum atomic E-state index is 4.88. The van der Waals surface area contributed by atoms with Gasteiger partial charge in [-0.15, -0.1) is 23.5 Å². The molecule has 5 nitrogen and oxygen atoms in total. The molecule has 0 N–H and O–H groups in total. The zero-order chi connectivity index (χ0) is 33.3. The summed E-state index contributed by atoms with van der Waals surface area (Å²) in [7, 11) is 0. The number of benzene rings is 4. The Morgan fingerprint density at radius 1 is 0.551 bits per heavy atom. The van der Waals surface area contributed by atoms with Gasteiger partial charge in [-0.3, -0.25) is 20.0 Å². The topological polar surface area (TPSA) is 55.4 Å². The van der Waals surface area contributed by atoms with Crippen molar-refractivity contribution in [2.24, 2.45) is 9.98 Å². The number of aromatic nitrogens is 3. The van der Waals surface area contributed by atoms with Crippen LogP contribution in [0.25, 0.3) is 60.5 Å². The van der Waals surface area contributed by atoms with Gasteiger partial charge in [-0.25, -0.2) is 0 Å². The summed E-state index contributed by atoms with van der Waals surface area (Å²) >= 11 is 3.58. The second kappa shape index (κ2) is 11.4. The molecule has 7 heteroatoms. The van der Waals surface area contributed by atoms with E-state index in [0.29, 0.717) is 0 Å². The van der Waals surface area contributed by atoms with Crippen molar-refractivity contribution in [3.63, 3.8) is 0 Å². The average Bonchev–Trinajstić information content (AvgIpc) is 3.79. The molecule has 0 saturated heterocycles. The number of thioether (sulfide) groups is 2. The normalized spacial score (nSPS) is 16.8. The standard InChI is InChI=1S/C42H35N5S2/c1-41(2)24-48-39(45-41)35-18-13-29(22-43-35)26-10-15-32-28(20-26)12-17-34-33-16-11-27(21-37(33)47(38(32)34)31-8-6-5-7-9-31)30-14-19-36(44-23-30)40-46-42(3,4)25-49-40/h5-23H,24-25H2,1-4H3. The van der Waals surface area contributed by atoms with Gasteiger partial charge in [0.25, 0.3) is 0 Å². The summed E-state index contributed by atoms with van der Waals surface area (Å²) in [5, 5.41) is 6.94. The summed E-state index contributed by atoms with van der Waals surface area (Å²) in [5.41, 5.74) is 9.84. The fourth-order valence-electron chi connectivity index (χ4n) is 6.85. The fourth-order valence-corrected chi connectivity index (χ4v) is 9.12. The lowest BCUT2D eigenvalue weighted by atomic mass is 9.99. The van der Waals surface area contributed by atoms with Crippen molar-refractivity contribution in [2.45, 2.75) is 38.8 Å². The first-order chi connectivity index (χ1) is 23.7. The van der Waals surface area contributed by atoms with Crippen molar-refractivity contribution in [1.82, 2.24) is 14.5 Å². The van der Waals surface area contributed by atoms with Crippen molar-refractivity contribution in [1.29, 1.82) is 0 Å². The lowest BCUT2D eigenvalue weighted by molar-refractivity contribution is 0.604. The Kier molecular flexibility index (Phi) is 7.08. The fraction of sp³-hybridized carbons (Fsp3) is 0.190. The molecule has 3 aromatic heterocycles. The van der Waals surface area contributed by atoms with Crippen LogP contribution in [0.1, 0.15) is 39.1 Å². The van der Waals surface area contributed by atoms with Crippen LogP contribution >= 0.6 is 23.5 Å². The van der Waals surface area contributed by atoms with E-state index in [0.717, 1.165) is 60.9 Å². The number of nitrogens with zero attached hydrogens (tertiary/aromatic N) is 5. The number of hydrogen-bond donors (Lipinski definition) is 0. The summed E-state index contributed by atoms with van der Waals surface area (Å²) in [4.78, 5) is 19.4. The third-order valence-corrected chi connectivity index (χ3v) is 12.2. The van der Waals surface area contributed by atoms with Gasteiger partial charge >= 0.3 is 0 Å². The molecule has 0 saturated carbocycles. The minimum absolute atomic E-state index is 0.0293. The predicted molar refractivity (Wildman–Crippen MR) is 211 cm³/mol. The van der Waals surface area contributed by atoms with E-state index in [2.05, 4.69) is 135 Å². The van der Waals surface area contributed by atoms with Crippen molar-refractivity contribution < 1.29 is 0 Å². The summed E-state index contributed by atoms with van der Waals surface area (Å²) in [6, 6.07) is 37.4. The maximum absolute atomic E-state index is 4.88. The van der Waals surface area contributed by atoms with Crippen LogP contribution in [0.2, 0.25) is 0 Å². The SMILES string of the molecule is CC1(C)CSC(c2ccc(-c3ccc4c(ccc5c6ccc(-c7ccc(C8=NC(C)(C)CS8)nc7)cc6n(-c6ccccc6)c45)c3)cn2)=N1. The number of hydrogen-bond acceptors (Lipinski definition) is 6. The Bertz CT molecular complexity index is 2470. The lowest BCUT2D eigenvalue weighted by Crippen LogP contribution is -2.15. The van der Waals surface area contributed by atoms with E-state index in [1.54, 1.807) is 23.5 Å². The van der Waals surface area contributed by atoms with Crippen molar-refractivity contribution in [2.75, 3.05) is 11.5 Å². The molecule has 4 aromatic carbocycles. The summed E-state index contributed by atoms with van der Waals surface area (Å²) in [5.74, 6) is 1.98. The second-order valence-electron chi connectivity index (χ2n) is 14.2. The van der Waals surface area contributed by atoms with E-state index in [9.17, 15) is 0 Å². The Balaban J connectivity index is 1.14. The van der Waals surface area contributed by atoms with Gasteiger partial charge in [0.05, 0.1) is 33.5 Å². The lowest BCUT2D eigenvalue weighted by Gasteiger charge is -2.11. The van der Waals surface area contributed by atoms with E-state index < -0.39 is 0 Å². The average molecular weight is 674 g/mol. The second-order valence-corrected chi connectivity index (χ2v) is 16.1. The smallest absolute Gasteiger partial charge is 0.117 e. The van der Waals surface area contributed by atoms with Gasteiger partial charge in [0.1, 0.15) is 10.1 Å². The maximum Gasteiger partial charge on any atom is 0.117 e. The molecule has 0 radical (unpaired) electrons. The molecule has 0 atom stereocenters. The first kappa shape index (κ1) is 30.3. The Hall–Kier alpha value is -4.72. The molecule has 240 valence electrons. The van der Waals surface area contributed by atoms with Gasteiger partial charge in [-0.1, -0.05) is 66.7 Å². The van der Waals surface area contributed by atoms with Gasteiger partial charge in [0.15, 0.2) is 0 Å². The first-order valence-electron chi connectivity index (χ1n) is 16.7. The van der Waals surface area contributed by atoms with E-state index in [1.807, 2.05) is 12.4 Å². The molecule has 0 spiro atoms. The van der Waals surface area contributed by atoms with Crippen LogP contribution in [0.3, 0.4) is 0 Å². The third-order valence-electron chi connectivity index (χ3n) is 9.32. The number of fused-ring (bicyclic) bond motifs is 5. The number of aliphatic imine (C=N–C) groups is 2. The predicted octanol–water partition coefficient (Wildman–Crippen LogP) is 10.6. The molecular formula is C42H35N5S2. The molecule has 0 aliphatic carbocycles. The van der Waals surface area contributed by atoms with Crippen LogP contribution < -0.4 is 0 Å². The molecule has 0 amide bonds. The molecule has 49 heavy (non-hydrogen) atoms. The number of rotatable bonds is 5. The van der Waals surface area contributed by atoms with Gasteiger partial charge < -0.3 is 4.57 Å². The van der Waals surface area contributed by atoms with Crippen LogP contribution in [0, 0.1) is 0 Å². The molecule has 0 fully saturated rings. The first-order valence-corrected chi connectivity index (χ1v) is 18.6. The highest BCUT2D eigenvalue weighted by Crippen LogP contribution is 2.40. The van der Waals surface area contributed by atoms with E-state index >= 15 is 0 Å². The molecule has 0 unspecified atom stereocenters. The highest BCUT2D eigenvalue weighted by atomic mass is 32.2. The Morgan fingerprint density at radius 3 is 1.65 bits per heavy atom.